The summed E-state index contributed by atoms with van der Waals surface area (Å²) in [4.78, 5) is 17.3. The smallest absolute Gasteiger partial charge is 0.172 e. The number of carbonyl (C=O) groups excluding carboxylic acids is 1. The zero-order valence-electron chi connectivity index (χ0n) is 14.5. The van der Waals surface area contributed by atoms with Crippen molar-refractivity contribution in [2.45, 2.75) is 13.3 Å². The third-order valence-electron chi connectivity index (χ3n) is 4.47. The molecule has 0 saturated carbocycles. The number of fused-ring (bicyclic) bond motifs is 1. The van der Waals surface area contributed by atoms with Gasteiger partial charge in [0.05, 0.1) is 34.4 Å². The van der Waals surface area contributed by atoms with Gasteiger partial charge in [-0.25, -0.2) is 9.07 Å². The second-order valence-corrected chi connectivity index (χ2v) is 6.63. The first kappa shape index (κ1) is 17.4. The normalized spacial score (nSPS) is 11.1. The van der Waals surface area contributed by atoms with Crippen LogP contribution in [0.15, 0.2) is 60.8 Å². The molecule has 4 rings (SSSR count). The highest BCUT2D eigenvalue weighted by atomic mass is 35.5. The minimum absolute atomic E-state index is 0.00985. The Bertz CT molecular complexity index is 1170. The quantitative estimate of drug-likeness (QED) is 0.471. The number of rotatable bonds is 4. The number of carbonyl (C=O) groups is 1. The lowest BCUT2D eigenvalue weighted by atomic mass is 10.1. The van der Waals surface area contributed by atoms with Gasteiger partial charge in [0.15, 0.2) is 11.6 Å². The number of Topliss-reactive ketones (excluding diaryl/α,β-unsaturated/α-hetero) is 1. The Labute approximate surface area is 160 Å². The fourth-order valence-corrected chi connectivity index (χ4v) is 3.22. The number of halogens is 2. The van der Waals surface area contributed by atoms with Gasteiger partial charge in [-0.05, 0) is 31.2 Å². The first-order valence-electron chi connectivity index (χ1n) is 8.41. The topological polar surface area (TPSA) is 47.8 Å². The summed E-state index contributed by atoms with van der Waals surface area (Å²) in [5.41, 5.74) is 2.73. The second kappa shape index (κ2) is 6.93. The average molecular weight is 380 g/mol. The average Bonchev–Trinajstić information content (AvgIpc) is 3.05. The van der Waals surface area contributed by atoms with Crippen LogP contribution in [0.4, 0.5) is 4.39 Å². The van der Waals surface area contributed by atoms with Gasteiger partial charge >= 0.3 is 0 Å². The molecule has 0 aliphatic carbocycles. The second-order valence-electron chi connectivity index (χ2n) is 6.22. The number of benzene rings is 2. The molecular weight excluding hydrogens is 365 g/mol. The van der Waals surface area contributed by atoms with E-state index in [1.165, 1.54) is 16.9 Å². The van der Waals surface area contributed by atoms with E-state index in [1.807, 2.05) is 36.4 Å². The minimum atomic E-state index is -0.569. The van der Waals surface area contributed by atoms with E-state index in [1.54, 1.807) is 19.1 Å². The van der Waals surface area contributed by atoms with Crippen LogP contribution in [0.3, 0.4) is 0 Å². The van der Waals surface area contributed by atoms with E-state index in [0.717, 1.165) is 10.9 Å². The summed E-state index contributed by atoms with van der Waals surface area (Å²) in [6.07, 6.45) is 1.61. The molecule has 0 amide bonds. The van der Waals surface area contributed by atoms with Crippen molar-refractivity contribution in [3.63, 3.8) is 0 Å². The van der Waals surface area contributed by atoms with Crippen LogP contribution in [-0.2, 0) is 6.42 Å². The summed E-state index contributed by atoms with van der Waals surface area (Å²) in [5, 5.41) is 5.21. The molecule has 0 saturated heterocycles. The van der Waals surface area contributed by atoms with Crippen molar-refractivity contribution in [1.29, 1.82) is 0 Å². The van der Waals surface area contributed by atoms with Gasteiger partial charge in [-0.1, -0.05) is 41.9 Å². The Morgan fingerprint density at radius 1 is 1.11 bits per heavy atom. The number of ketones is 1. The van der Waals surface area contributed by atoms with Crippen molar-refractivity contribution in [3.8, 4) is 5.69 Å². The third kappa shape index (κ3) is 3.22. The lowest BCUT2D eigenvalue weighted by molar-refractivity contribution is 0.0991. The van der Waals surface area contributed by atoms with Crippen LogP contribution in [-0.4, -0.2) is 20.5 Å². The highest BCUT2D eigenvalue weighted by Gasteiger charge is 2.18. The van der Waals surface area contributed by atoms with Gasteiger partial charge in [-0.2, -0.15) is 5.10 Å². The molecule has 2 aromatic heterocycles. The molecule has 2 heterocycles. The van der Waals surface area contributed by atoms with Crippen molar-refractivity contribution in [3.05, 3.63) is 88.6 Å². The van der Waals surface area contributed by atoms with Crippen LogP contribution in [0, 0.1) is 12.7 Å². The standard InChI is InChI=1S/C21H15ClFN3O/c1-13-16(12-24-26(13)19-8-4-6-17(22)21(19)23)20(27)11-15-10-9-14-5-2-3-7-18(14)25-15/h2-10,12H,11H2,1H3. The Kier molecular flexibility index (Phi) is 4.46. The van der Waals surface area contributed by atoms with Gasteiger partial charge in [0.25, 0.3) is 0 Å². The molecule has 0 radical (unpaired) electrons. The summed E-state index contributed by atoms with van der Waals surface area (Å²) in [6.45, 7) is 1.73. The number of para-hydroxylation sites is 1. The molecule has 0 aliphatic rings. The van der Waals surface area contributed by atoms with Crippen LogP contribution in [0.5, 0.6) is 0 Å². The maximum Gasteiger partial charge on any atom is 0.172 e. The molecule has 0 atom stereocenters. The summed E-state index contributed by atoms with van der Waals surface area (Å²) in [5.74, 6) is -0.690. The molecule has 134 valence electrons. The zero-order valence-corrected chi connectivity index (χ0v) is 15.2. The Hall–Kier alpha value is -3.05. The summed E-state index contributed by atoms with van der Waals surface area (Å²) in [7, 11) is 0. The zero-order chi connectivity index (χ0) is 19.0. The maximum absolute atomic E-state index is 14.3. The van der Waals surface area contributed by atoms with Gasteiger partial charge < -0.3 is 0 Å². The Morgan fingerprint density at radius 3 is 2.78 bits per heavy atom. The molecule has 0 bridgehead atoms. The van der Waals surface area contributed by atoms with Gasteiger partial charge in [-0.15, -0.1) is 0 Å². The molecule has 4 aromatic rings. The van der Waals surface area contributed by atoms with Crippen molar-refractivity contribution >= 4 is 28.3 Å². The molecule has 27 heavy (non-hydrogen) atoms. The van der Waals surface area contributed by atoms with Crippen molar-refractivity contribution in [2.75, 3.05) is 0 Å². The Balaban J connectivity index is 1.64. The molecule has 2 aromatic carbocycles. The van der Waals surface area contributed by atoms with Gasteiger partial charge in [0.1, 0.15) is 5.69 Å². The van der Waals surface area contributed by atoms with Crippen LogP contribution in [0.1, 0.15) is 21.7 Å². The molecule has 0 unspecified atom stereocenters. The lowest BCUT2D eigenvalue weighted by Gasteiger charge is -2.07. The van der Waals surface area contributed by atoms with Gasteiger partial charge in [0.2, 0.25) is 0 Å². The fraction of sp³-hybridized carbons (Fsp3) is 0.0952. The fourth-order valence-electron chi connectivity index (χ4n) is 3.05. The number of aromatic nitrogens is 3. The molecule has 0 spiro atoms. The molecule has 6 heteroatoms. The van der Waals surface area contributed by atoms with Gasteiger partial charge in [-0.3, -0.25) is 9.78 Å². The third-order valence-corrected chi connectivity index (χ3v) is 4.76. The van der Waals surface area contributed by atoms with E-state index >= 15 is 0 Å². The van der Waals surface area contributed by atoms with E-state index in [-0.39, 0.29) is 22.9 Å². The molecule has 0 N–H and O–H groups in total. The monoisotopic (exact) mass is 379 g/mol. The number of pyridine rings is 1. The number of hydrogen-bond acceptors (Lipinski definition) is 3. The first-order chi connectivity index (χ1) is 13.0. The predicted molar refractivity (Wildman–Crippen MR) is 103 cm³/mol. The molecule has 4 nitrogen and oxygen atoms in total. The first-order valence-corrected chi connectivity index (χ1v) is 8.79. The van der Waals surface area contributed by atoms with Crippen molar-refractivity contribution in [1.82, 2.24) is 14.8 Å². The van der Waals surface area contributed by atoms with Crippen LogP contribution < -0.4 is 0 Å². The maximum atomic E-state index is 14.3. The Morgan fingerprint density at radius 2 is 1.93 bits per heavy atom. The summed E-state index contributed by atoms with van der Waals surface area (Å²) in [6, 6.07) is 16.2. The van der Waals surface area contributed by atoms with E-state index in [4.69, 9.17) is 11.6 Å². The van der Waals surface area contributed by atoms with E-state index in [0.29, 0.717) is 17.0 Å². The number of nitrogens with zero attached hydrogens (tertiary/aromatic N) is 3. The van der Waals surface area contributed by atoms with E-state index in [2.05, 4.69) is 10.1 Å². The molecule has 0 aliphatic heterocycles. The number of hydrogen-bond donors (Lipinski definition) is 0. The molecule has 0 fully saturated rings. The van der Waals surface area contributed by atoms with E-state index < -0.39 is 5.82 Å². The van der Waals surface area contributed by atoms with E-state index in [9.17, 15) is 9.18 Å². The highest BCUT2D eigenvalue weighted by molar-refractivity contribution is 6.30. The predicted octanol–water partition coefficient (Wildman–Crippen LogP) is 4.95. The summed E-state index contributed by atoms with van der Waals surface area (Å²) >= 11 is 5.85. The van der Waals surface area contributed by atoms with Crippen LogP contribution >= 0.6 is 11.6 Å². The highest BCUT2D eigenvalue weighted by Crippen LogP contribution is 2.23. The SMILES string of the molecule is Cc1c(C(=O)Cc2ccc3ccccc3n2)cnn1-c1cccc(Cl)c1F. The minimum Gasteiger partial charge on any atom is -0.294 e. The van der Waals surface area contributed by atoms with Crippen molar-refractivity contribution < 1.29 is 9.18 Å². The van der Waals surface area contributed by atoms with Gasteiger partial charge in [0, 0.05) is 11.1 Å². The summed E-state index contributed by atoms with van der Waals surface area (Å²) < 4.78 is 15.7. The lowest BCUT2D eigenvalue weighted by Crippen LogP contribution is -2.08. The largest absolute Gasteiger partial charge is 0.294 e. The van der Waals surface area contributed by atoms with Crippen LogP contribution in [0.2, 0.25) is 5.02 Å². The molecular formula is C21H15ClFN3O. The van der Waals surface area contributed by atoms with Crippen LogP contribution in [0.25, 0.3) is 16.6 Å². The van der Waals surface area contributed by atoms with Crippen molar-refractivity contribution in [2.24, 2.45) is 0 Å².